The molecule has 0 aliphatic carbocycles. The zero-order valence-corrected chi connectivity index (χ0v) is 15.6. The van der Waals surface area contributed by atoms with Crippen molar-refractivity contribution < 1.29 is 32.7 Å². The summed E-state index contributed by atoms with van der Waals surface area (Å²) in [7, 11) is 0. The summed E-state index contributed by atoms with van der Waals surface area (Å²) in [6.45, 7) is 2.52. The third kappa shape index (κ3) is 3.78. The number of benzene rings is 2. The van der Waals surface area contributed by atoms with Crippen LogP contribution < -0.4 is 0 Å². The number of halogens is 2. The van der Waals surface area contributed by atoms with Gasteiger partial charge in [0.05, 0.1) is 11.1 Å². The number of rotatable bonds is 6. The summed E-state index contributed by atoms with van der Waals surface area (Å²) in [4.78, 5) is 50.8. The van der Waals surface area contributed by atoms with Gasteiger partial charge in [-0.05, 0) is 36.2 Å². The van der Waals surface area contributed by atoms with Gasteiger partial charge in [0.2, 0.25) is 0 Å². The fraction of sp³-hybridized carbons (Fsp3) is 0.238. The monoisotopic (exact) mass is 401 g/mol. The van der Waals surface area contributed by atoms with Gasteiger partial charge < -0.3 is 4.74 Å². The molecule has 1 heterocycles. The van der Waals surface area contributed by atoms with Crippen molar-refractivity contribution in [1.29, 1.82) is 0 Å². The van der Waals surface area contributed by atoms with Crippen LogP contribution in [0.2, 0.25) is 0 Å². The fourth-order valence-electron chi connectivity index (χ4n) is 3.11. The van der Waals surface area contributed by atoms with E-state index in [9.17, 15) is 28.0 Å². The Kier molecular flexibility index (Phi) is 5.54. The molecule has 2 aromatic rings. The van der Waals surface area contributed by atoms with Gasteiger partial charge in [-0.3, -0.25) is 19.3 Å². The largest absolute Gasteiger partial charge is 0.456 e. The summed E-state index contributed by atoms with van der Waals surface area (Å²) in [6, 6.07) is 7.53. The number of imide groups is 1. The van der Waals surface area contributed by atoms with E-state index in [1.165, 1.54) is 12.1 Å². The van der Waals surface area contributed by atoms with Crippen LogP contribution in [0.5, 0.6) is 0 Å². The highest BCUT2D eigenvalue weighted by molar-refractivity contribution is 6.22. The normalized spacial score (nSPS) is 14.2. The molecule has 0 radical (unpaired) electrons. The van der Waals surface area contributed by atoms with Crippen molar-refractivity contribution in [2.24, 2.45) is 5.92 Å². The van der Waals surface area contributed by atoms with Crippen molar-refractivity contribution in [2.75, 3.05) is 6.61 Å². The van der Waals surface area contributed by atoms with E-state index in [2.05, 4.69) is 0 Å². The summed E-state index contributed by atoms with van der Waals surface area (Å²) >= 11 is 0. The van der Waals surface area contributed by atoms with Crippen LogP contribution in [0.4, 0.5) is 8.78 Å². The molecule has 0 aromatic heterocycles. The highest BCUT2D eigenvalue weighted by atomic mass is 19.2. The molecule has 3 rings (SSSR count). The summed E-state index contributed by atoms with van der Waals surface area (Å²) in [5, 5.41) is 0. The zero-order valence-electron chi connectivity index (χ0n) is 15.6. The molecule has 0 unspecified atom stereocenters. The van der Waals surface area contributed by atoms with E-state index >= 15 is 0 Å². The number of ketones is 1. The molecule has 2 amide bonds. The van der Waals surface area contributed by atoms with Crippen molar-refractivity contribution in [3.63, 3.8) is 0 Å². The van der Waals surface area contributed by atoms with E-state index in [0.29, 0.717) is 6.07 Å². The van der Waals surface area contributed by atoms with Crippen LogP contribution in [0.15, 0.2) is 42.5 Å². The molecule has 0 spiro atoms. The lowest BCUT2D eigenvalue weighted by Crippen LogP contribution is -2.49. The van der Waals surface area contributed by atoms with E-state index in [1.807, 2.05) is 0 Å². The van der Waals surface area contributed by atoms with Crippen molar-refractivity contribution >= 4 is 23.6 Å². The SMILES string of the molecule is CC(C)[C@@H](C(=O)OCC(=O)c1ccc(F)c(F)c1)N1C(=O)c2ccccc2C1=O. The molecule has 1 aliphatic heterocycles. The first-order valence-electron chi connectivity index (χ1n) is 8.84. The molecule has 150 valence electrons. The maximum atomic E-state index is 13.3. The molecule has 1 atom stereocenters. The maximum Gasteiger partial charge on any atom is 0.330 e. The molecule has 0 N–H and O–H groups in total. The third-order valence-corrected chi connectivity index (χ3v) is 4.56. The first kappa shape index (κ1) is 20.3. The van der Waals surface area contributed by atoms with Gasteiger partial charge in [0.1, 0.15) is 6.04 Å². The van der Waals surface area contributed by atoms with Crippen LogP contribution in [0.3, 0.4) is 0 Å². The highest BCUT2D eigenvalue weighted by Gasteiger charge is 2.44. The van der Waals surface area contributed by atoms with Gasteiger partial charge in [0, 0.05) is 5.56 Å². The standard InChI is InChI=1S/C21H17F2NO5/c1-11(2)18(24-19(26)13-5-3-4-6-14(13)20(24)27)21(28)29-10-17(25)12-7-8-15(22)16(23)9-12/h3-9,11,18H,10H2,1-2H3/t18-/m0/s1. The minimum Gasteiger partial charge on any atom is -0.456 e. The van der Waals surface area contributed by atoms with Crippen molar-refractivity contribution in [3.8, 4) is 0 Å². The van der Waals surface area contributed by atoms with E-state index in [0.717, 1.165) is 17.0 Å². The van der Waals surface area contributed by atoms with Crippen LogP contribution in [0.1, 0.15) is 44.9 Å². The predicted molar refractivity (Wildman–Crippen MR) is 97.2 cm³/mol. The Balaban J connectivity index is 1.75. The van der Waals surface area contributed by atoms with E-state index in [4.69, 9.17) is 4.74 Å². The summed E-state index contributed by atoms with van der Waals surface area (Å²) in [6.07, 6.45) is 0. The number of Topliss-reactive ketones (excluding diaryl/α,β-unsaturated/α-hetero) is 1. The minimum absolute atomic E-state index is 0.168. The second-order valence-corrected chi connectivity index (χ2v) is 6.87. The van der Waals surface area contributed by atoms with Gasteiger partial charge in [-0.2, -0.15) is 0 Å². The molecule has 6 nitrogen and oxygen atoms in total. The Bertz CT molecular complexity index is 983. The summed E-state index contributed by atoms with van der Waals surface area (Å²) in [5.74, 6) is -5.71. The molecule has 8 heteroatoms. The van der Waals surface area contributed by atoms with Gasteiger partial charge in [0.15, 0.2) is 24.0 Å². The molecule has 0 bridgehead atoms. The van der Waals surface area contributed by atoms with Crippen molar-refractivity contribution in [1.82, 2.24) is 4.90 Å². The number of carbonyl (C=O) groups excluding carboxylic acids is 4. The van der Waals surface area contributed by atoms with Gasteiger partial charge in [-0.15, -0.1) is 0 Å². The topological polar surface area (TPSA) is 80.8 Å². The molecule has 0 fully saturated rings. The number of amides is 2. The van der Waals surface area contributed by atoms with E-state index in [1.54, 1.807) is 26.0 Å². The Morgan fingerprint density at radius 2 is 1.55 bits per heavy atom. The molecular formula is C21H17F2NO5. The van der Waals surface area contributed by atoms with Crippen LogP contribution in [0.25, 0.3) is 0 Å². The average Bonchev–Trinajstić information content (AvgIpc) is 2.93. The maximum absolute atomic E-state index is 13.3. The lowest BCUT2D eigenvalue weighted by molar-refractivity contribution is -0.148. The molecule has 29 heavy (non-hydrogen) atoms. The zero-order chi connectivity index (χ0) is 21.3. The second kappa shape index (κ2) is 7.90. The average molecular weight is 401 g/mol. The third-order valence-electron chi connectivity index (χ3n) is 4.56. The van der Waals surface area contributed by atoms with Crippen LogP contribution in [-0.4, -0.2) is 41.1 Å². The highest BCUT2D eigenvalue weighted by Crippen LogP contribution is 2.27. The van der Waals surface area contributed by atoms with Gasteiger partial charge >= 0.3 is 5.97 Å². The molecule has 0 saturated heterocycles. The van der Waals surface area contributed by atoms with Gasteiger partial charge in [-0.25, -0.2) is 13.6 Å². The van der Waals surface area contributed by atoms with Gasteiger partial charge in [0.25, 0.3) is 11.8 Å². The Morgan fingerprint density at radius 1 is 0.966 bits per heavy atom. The predicted octanol–water partition coefficient (Wildman–Crippen LogP) is 3.01. The Labute approximate surface area is 165 Å². The second-order valence-electron chi connectivity index (χ2n) is 6.87. The first-order chi connectivity index (χ1) is 13.7. The number of carbonyl (C=O) groups is 4. The number of hydrogen-bond donors (Lipinski definition) is 0. The van der Waals surface area contributed by atoms with Crippen LogP contribution >= 0.6 is 0 Å². The van der Waals surface area contributed by atoms with E-state index < -0.39 is 53.8 Å². The summed E-state index contributed by atoms with van der Waals surface area (Å²) in [5.41, 5.74) is 0.209. The molecule has 1 aliphatic rings. The first-order valence-corrected chi connectivity index (χ1v) is 8.84. The number of fused-ring (bicyclic) bond motifs is 1. The van der Waals surface area contributed by atoms with E-state index in [-0.39, 0.29) is 16.7 Å². The van der Waals surface area contributed by atoms with Crippen molar-refractivity contribution in [3.05, 3.63) is 70.8 Å². The van der Waals surface area contributed by atoms with Crippen LogP contribution in [-0.2, 0) is 9.53 Å². The van der Waals surface area contributed by atoms with Gasteiger partial charge in [-0.1, -0.05) is 26.0 Å². The summed E-state index contributed by atoms with van der Waals surface area (Å²) < 4.78 is 31.3. The number of esters is 1. The minimum atomic E-state index is -1.24. The lowest BCUT2D eigenvalue weighted by atomic mass is 10.0. The molecular weight excluding hydrogens is 384 g/mol. The molecule has 2 aromatic carbocycles. The Morgan fingerprint density at radius 3 is 2.07 bits per heavy atom. The quantitative estimate of drug-likeness (QED) is 0.422. The molecule has 0 saturated carbocycles. The number of nitrogens with zero attached hydrogens (tertiary/aromatic N) is 1. The Hall–Kier alpha value is -3.42. The fourth-order valence-corrected chi connectivity index (χ4v) is 3.11. The smallest absolute Gasteiger partial charge is 0.330 e. The van der Waals surface area contributed by atoms with Crippen LogP contribution in [0, 0.1) is 17.6 Å². The number of hydrogen-bond acceptors (Lipinski definition) is 5. The van der Waals surface area contributed by atoms with Crippen molar-refractivity contribution in [2.45, 2.75) is 19.9 Å². The number of ether oxygens (including phenoxy) is 1. The lowest BCUT2D eigenvalue weighted by Gasteiger charge is -2.27.